The fourth-order valence-corrected chi connectivity index (χ4v) is 3.11. The molecule has 3 heterocycles. The molecule has 14 heavy (non-hydrogen) atoms. The zero-order valence-electron chi connectivity index (χ0n) is 8.22. The molecular formula is C10H15N3S. The largest absolute Gasteiger partial charge is 0.300 e. The van der Waals surface area contributed by atoms with Gasteiger partial charge in [0.2, 0.25) is 0 Å². The Balaban J connectivity index is 1.67. The van der Waals surface area contributed by atoms with Crippen LogP contribution in [0.4, 0.5) is 0 Å². The van der Waals surface area contributed by atoms with Crippen molar-refractivity contribution in [2.45, 2.75) is 19.0 Å². The van der Waals surface area contributed by atoms with Crippen molar-refractivity contribution >= 4 is 11.3 Å². The summed E-state index contributed by atoms with van der Waals surface area (Å²) in [6.07, 6.45) is 3.37. The molecule has 3 rings (SSSR count). The van der Waals surface area contributed by atoms with Gasteiger partial charge in [0.1, 0.15) is 0 Å². The lowest BCUT2D eigenvalue weighted by atomic mass is 10.2. The molecule has 0 aliphatic carbocycles. The first kappa shape index (κ1) is 8.83. The van der Waals surface area contributed by atoms with Gasteiger partial charge in [-0.2, -0.15) is 0 Å². The number of piperazine rings is 1. The average molecular weight is 209 g/mol. The Morgan fingerprint density at radius 3 is 3.29 bits per heavy atom. The van der Waals surface area contributed by atoms with Crippen LogP contribution >= 0.6 is 11.3 Å². The number of hydrogen-bond acceptors (Lipinski definition) is 4. The summed E-state index contributed by atoms with van der Waals surface area (Å²) < 4.78 is 0. The molecule has 0 amide bonds. The van der Waals surface area contributed by atoms with Gasteiger partial charge in [-0.05, 0) is 13.0 Å². The van der Waals surface area contributed by atoms with E-state index in [0.717, 1.165) is 12.6 Å². The number of aromatic nitrogens is 1. The summed E-state index contributed by atoms with van der Waals surface area (Å²) in [6, 6.07) is 0.811. The molecule has 0 spiro atoms. The zero-order valence-corrected chi connectivity index (χ0v) is 9.04. The van der Waals surface area contributed by atoms with Crippen molar-refractivity contribution in [3.8, 4) is 0 Å². The van der Waals surface area contributed by atoms with Crippen LogP contribution in [-0.2, 0) is 6.54 Å². The van der Waals surface area contributed by atoms with Crippen molar-refractivity contribution in [1.29, 1.82) is 0 Å². The molecule has 0 N–H and O–H groups in total. The number of thiazole rings is 1. The summed E-state index contributed by atoms with van der Waals surface area (Å²) in [5.74, 6) is 0. The Labute approximate surface area is 88.4 Å². The van der Waals surface area contributed by atoms with Crippen molar-refractivity contribution in [2.24, 2.45) is 0 Å². The Bertz CT molecular complexity index is 298. The van der Waals surface area contributed by atoms with Gasteiger partial charge >= 0.3 is 0 Å². The fourth-order valence-electron chi connectivity index (χ4n) is 2.49. The second kappa shape index (κ2) is 3.61. The third kappa shape index (κ3) is 1.58. The van der Waals surface area contributed by atoms with Gasteiger partial charge < -0.3 is 4.90 Å². The molecule has 2 unspecified atom stereocenters. The Morgan fingerprint density at radius 1 is 1.43 bits per heavy atom. The minimum absolute atomic E-state index is 0.811. The predicted octanol–water partition coefficient (Wildman–Crippen LogP) is 1.03. The number of hydrogen-bond donors (Lipinski definition) is 0. The van der Waals surface area contributed by atoms with Crippen molar-refractivity contribution in [2.75, 3.05) is 26.2 Å². The summed E-state index contributed by atoms with van der Waals surface area (Å²) in [5, 5.41) is 0. The van der Waals surface area contributed by atoms with Crippen LogP contribution in [0.5, 0.6) is 0 Å². The summed E-state index contributed by atoms with van der Waals surface area (Å²) in [7, 11) is 0. The molecule has 0 radical (unpaired) electrons. The van der Waals surface area contributed by atoms with Crippen LogP contribution in [0.2, 0.25) is 0 Å². The Hall–Kier alpha value is -0.450. The van der Waals surface area contributed by atoms with Crippen LogP contribution in [0.15, 0.2) is 11.7 Å². The fraction of sp³-hybridized carbons (Fsp3) is 0.700. The monoisotopic (exact) mass is 209 g/mol. The third-order valence-electron chi connectivity index (χ3n) is 3.31. The molecule has 4 heteroatoms. The maximum atomic E-state index is 4.13. The quantitative estimate of drug-likeness (QED) is 0.725. The number of nitrogens with zero attached hydrogens (tertiary/aromatic N) is 3. The molecule has 1 aromatic rings. The van der Waals surface area contributed by atoms with E-state index < -0.39 is 0 Å². The van der Waals surface area contributed by atoms with Gasteiger partial charge in [-0.25, -0.2) is 0 Å². The highest BCUT2D eigenvalue weighted by Crippen LogP contribution is 2.23. The smallest absolute Gasteiger partial charge is 0.0794 e. The molecule has 2 fully saturated rings. The van der Waals surface area contributed by atoms with Crippen molar-refractivity contribution in [3.05, 3.63) is 16.6 Å². The highest BCUT2D eigenvalue weighted by Gasteiger charge is 2.32. The summed E-state index contributed by atoms with van der Waals surface area (Å²) >= 11 is 1.78. The van der Waals surface area contributed by atoms with Crippen molar-refractivity contribution < 1.29 is 0 Å². The summed E-state index contributed by atoms with van der Waals surface area (Å²) in [6.45, 7) is 6.21. The van der Waals surface area contributed by atoms with E-state index in [9.17, 15) is 0 Å². The molecule has 3 nitrogen and oxygen atoms in total. The van der Waals surface area contributed by atoms with Gasteiger partial charge in [-0.1, -0.05) is 0 Å². The molecular weight excluding hydrogens is 194 g/mol. The van der Waals surface area contributed by atoms with E-state index in [0.29, 0.717) is 0 Å². The maximum Gasteiger partial charge on any atom is 0.0794 e. The van der Waals surface area contributed by atoms with Crippen LogP contribution in [0, 0.1) is 0 Å². The van der Waals surface area contributed by atoms with E-state index >= 15 is 0 Å². The number of fused-ring (bicyclic) bond motifs is 2. The average Bonchev–Trinajstić information content (AvgIpc) is 2.80. The van der Waals surface area contributed by atoms with Crippen LogP contribution in [0.25, 0.3) is 0 Å². The molecule has 2 aliphatic heterocycles. The first-order valence-corrected chi connectivity index (χ1v) is 6.13. The first-order chi connectivity index (χ1) is 6.92. The highest BCUT2D eigenvalue weighted by molar-refractivity contribution is 7.09. The van der Waals surface area contributed by atoms with Crippen LogP contribution < -0.4 is 0 Å². The highest BCUT2D eigenvalue weighted by atomic mass is 32.1. The Morgan fingerprint density at radius 2 is 2.43 bits per heavy atom. The van der Waals surface area contributed by atoms with Crippen molar-refractivity contribution in [1.82, 2.24) is 14.8 Å². The van der Waals surface area contributed by atoms with E-state index in [1.165, 1.54) is 37.5 Å². The second-order valence-electron chi connectivity index (χ2n) is 4.18. The SMILES string of the molecule is c1ncc(CN2CCN3CCC2C3)s1. The van der Waals surface area contributed by atoms with Gasteiger partial charge in [0, 0.05) is 43.3 Å². The molecule has 76 valence electrons. The standard InChI is InChI=1S/C10H15N3S/c1-2-12-3-4-13(9(1)6-12)7-10-5-11-8-14-10/h5,8-9H,1-4,6-7H2. The first-order valence-electron chi connectivity index (χ1n) is 5.25. The number of rotatable bonds is 2. The molecule has 2 atom stereocenters. The van der Waals surface area contributed by atoms with Gasteiger partial charge in [0.05, 0.1) is 5.51 Å². The molecule has 2 bridgehead atoms. The zero-order chi connectivity index (χ0) is 9.38. The lowest BCUT2D eigenvalue weighted by Crippen LogP contribution is -2.45. The topological polar surface area (TPSA) is 19.4 Å². The van der Waals surface area contributed by atoms with Gasteiger partial charge in [0.25, 0.3) is 0 Å². The van der Waals surface area contributed by atoms with Crippen LogP contribution in [0.3, 0.4) is 0 Å². The van der Waals surface area contributed by atoms with E-state index in [1.54, 1.807) is 11.3 Å². The molecule has 2 saturated heterocycles. The van der Waals surface area contributed by atoms with Gasteiger partial charge in [-0.3, -0.25) is 9.88 Å². The molecule has 2 aliphatic rings. The normalized spacial score (nSPS) is 32.3. The van der Waals surface area contributed by atoms with Crippen molar-refractivity contribution in [3.63, 3.8) is 0 Å². The second-order valence-corrected chi connectivity index (χ2v) is 5.15. The van der Waals surface area contributed by atoms with Crippen LogP contribution in [-0.4, -0.2) is 47.0 Å². The lowest BCUT2D eigenvalue weighted by Gasteiger charge is -2.33. The molecule has 0 aromatic carbocycles. The minimum Gasteiger partial charge on any atom is -0.300 e. The minimum atomic E-state index is 0.811. The molecule has 1 aromatic heterocycles. The molecule has 0 saturated carbocycles. The van der Waals surface area contributed by atoms with Gasteiger partial charge in [0.15, 0.2) is 0 Å². The summed E-state index contributed by atoms with van der Waals surface area (Å²) in [5.41, 5.74) is 1.93. The van der Waals surface area contributed by atoms with Gasteiger partial charge in [-0.15, -0.1) is 11.3 Å². The maximum absolute atomic E-state index is 4.13. The van der Waals surface area contributed by atoms with E-state index in [4.69, 9.17) is 0 Å². The lowest BCUT2D eigenvalue weighted by molar-refractivity contribution is 0.129. The van der Waals surface area contributed by atoms with E-state index in [-0.39, 0.29) is 0 Å². The predicted molar refractivity (Wildman–Crippen MR) is 57.4 cm³/mol. The Kier molecular flexibility index (Phi) is 2.27. The van der Waals surface area contributed by atoms with E-state index in [1.807, 2.05) is 11.7 Å². The van der Waals surface area contributed by atoms with Crippen LogP contribution in [0.1, 0.15) is 11.3 Å². The summed E-state index contributed by atoms with van der Waals surface area (Å²) in [4.78, 5) is 10.7. The third-order valence-corrected chi connectivity index (χ3v) is 4.07. The van der Waals surface area contributed by atoms with E-state index in [2.05, 4.69) is 14.8 Å².